The number of nitrogens with one attached hydrogen (secondary N) is 1. The number of nitrogens with two attached hydrogens (primary N) is 1. The molecule has 5 nitrogen and oxygen atoms in total. The lowest BCUT2D eigenvalue weighted by Gasteiger charge is -2.15. The van der Waals surface area contributed by atoms with Crippen molar-refractivity contribution in [3.63, 3.8) is 0 Å². The van der Waals surface area contributed by atoms with Crippen LogP contribution in [0.4, 0.5) is 5.69 Å². The molecule has 0 bridgehead atoms. The molecule has 0 aliphatic carbocycles. The van der Waals surface area contributed by atoms with Crippen molar-refractivity contribution in [3.8, 4) is 0 Å². The summed E-state index contributed by atoms with van der Waals surface area (Å²) in [6.45, 7) is 0.712. The fraction of sp³-hybridized carbons (Fsp3) is 0.417. The van der Waals surface area contributed by atoms with Crippen LogP contribution in [0.2, 0.25) is 10.0 Å². The van der Waals surface area contributed by atoms with Gasteiger partial charge in [0.25, 0.3) is 5.91 Å². The summed E-state index contributed by atoms with van der Waals surface area (Å²) in [5, 5.41) is 3.19. The largest absolute Gasteiger partial charge is 0.397 e. The SMILES string of the molecule is COCC(CNC(=O)c1cc(N)c(Cl)c(Cl)c1)OC. The van der Waals surface area contributed by atoms with Crippen molar-refractivity contribution in [1.82, 2.24) is 5.32 Å². The lowest BCUT2D eigenvalue weighted by Crippen LogP contribution is -2.35. The molecule has 1 aromatic carbocycles. The number of rotatable bonds is 6. The molecule has 3 N–H and O–H groups in total. The molecule has 7 heteroatoms. The summed E-state index contributed by atoms with van der Waals surface area (Å²) in [4.78, 5) is 11.9. The quantitative estimate of drug-likeness (QED) is 0.788. The van der Waals surface area contributed by atoms with Crippen LogP contribution in [-0.2, 0) is 9.47 Å². The van der Waals surface area contributed by atoms with Crippen molar-refractivity contribution in [2.75, 3.05) is 33.1 Å². The highest BCUT2D eigenvalue weighted by Gasteiger charge is 2.13. The number of carbonyl (C=O) groups excluding carboxylic acids is 1. The molecule has 1 aromatic rings. The number of nitrogen functional groups attached to an aromatic ring is 1. The molecule has 106 valence electrons. The van der Waals surface area contributed by atoms with Crippen molar-refractivity contribution in [2.45, 2.75) is 6.10 Å². The smallest absolute Gasteiger partial charge is 0.251 e. The van der Waals surface area contributed by atoms with Crippen LogP contribution in [0, 0.1) is 0 Å². The number of ether oxygens (including phenoxy) is 2. The van der Waals surface area contributed by atoms with Gasteiger partial charge in [-0.25, -0.2) is 0 Å². The number of hydrogen-bond donors (Lipinski definition) is 2. The topological polar surface area (TPSA) is 73.6 Å². The molecule has 0 fully saturated rings. The normalized spacial score (nSPS) is 12.2. The van der Waals surface area contributed by atoms with E-state index >= 15 is 0 Å². The Morgan fingerprint density at radius 3 is 2.63 bits per heavy atom. The minimum atomic E-state index is -0.302. The second-order valence-electron chi connectivity index (χ2n) is 3.88. The molecular formula is C12H16Cl2N2O3. The average Bonchev–Trinajstić information content (AvgIpc) is 2.39. The molecule has 0 aliphatic heterocycles. The predicted molar refractivity (Wildman–Crippen MR) is 75.9 cm³/mol. The van der Waals surface area contributed by atoms with Gasteiger partial charge < -0.3 is 20.5 Å². The maximum absolute atomic E-state index is 11.9. The second-order valence-corrected chi connectivity index (χ2v) is 4.67. The first-order valence-corrected chi connectivity index (χ1v) is 6.29. The molecule has 1 rings (SSSR count). The van der Waals surface area contributed by atoms with Gasteiger partial charge in [0, 0.05) is 26.3 Å². The van der Waals surface area contributed by atoms with Gasteiger partial charge in [-0.1, -0.05) is 23.2 Å². The van der Waals surface area contributed by atoms with Gasteiger partial charge in [-0.2, -0.15) is 0 Å². The van der Waals surface area contributed by atoms with Gasteiger partial charge >= 0.3 is 0 Å². The average molecular weight is 307 g/mol. The molecule has 0 spiro atoms. The Morgan fingerprint density at radius 1 is 1.42 bits per heavy atom. The fourth-order valence-corrected chi connectivity index (χ4v) is 1.78. The Bertz CT molecular complexity index is 432. The van der Waals surface area contributed by atoms with Crippen LogP contribution in [0.5, 0.6) is 0 Å². The van der Waals surface area contributed by atoms with E-state index in [0.717, 1.165) is 0 Å². The van der Waals surface area contributed by atoms with Gasteiger partial charge in [0.1, 0.15) is 0 Å². The Labute approximate surface area is 122 Å². The van der Waals surface area contributed by atoms with E-state index in [9.17, 15) is 4.79 Å². The van der Waals surface area contributed by atoms with Gasteiger partial charge in [0.2, 0.25) is 0 Å². The molecule has 0 saturated heterocycles. The summed E-state index contributed by atoms with van der Waals surface area (Å²) in [5.74, 6) is -0.302. The Morgan fingerprint density at radius 2 is 2.11 bits per heavy atom. The maximum atomic E-state index is 11.9. The van der Waals surface area contributed by atoms with Gasteiger partial charge in [0.15, 0.2) is 0 Å². The monoisotopic (exact) mass is 306 g/mol. The van der Waals surface area contributed by atoms with Crippen molar-refractivity contribution in [1.29, 1.82) is 0 Å². The highest BCUT2D eigenvalue weighted by molar-refractivity contribution is 6.43. The summed E-state index contributed by atoms with van der Waals surface area (Å²) in [6, 6.07) is 2.94. The van der Waals surface area contributed by atoms with Crippen molar-refractivity contribution in [2.24, 2.45) is 0 Å². The maximum Gasteiger partial charge on any atom is 0.251 e. The first kappa shape index (κ1) is 16.0. The van der Waals surface area contributed by atoms with E-state index < -0.39 is 0 Å². The van der Waals surface area contributed by atoms with E-state index in [1.54, 1.807) is 14.2 Å². The van der Waals surface area contributed by atoms with Crippen molar-refractivity contribution < 1.29 is 14.3 Å². The molecule has 0 aliphatic rings. The summed E-state index contributed by atoms with van der Waals surface area (Å²) in [5.41, 5.74) is 6.26. The summed E-state index contributed by atoms with van der Waals surface area (Å²) >= 11 is 11.7. The van der Waals surface area contributed by atoms with E-state index in [4.69, 9.17) is 38.4 Å². The zero-order valence-electron chi connectivity index (χ0n) is 10.7. The Hall–Kier alpha value is -1.01. The van der Waals surface area contributed by atoms with Crippen LogP contribution in [0.15, 0.2) is 12.1 Å². The lowest BCUT2D eigenvalue weighted by atomic mass is 10.2. The molecular weight excluding hydrogens is 291 g/mol. The zero-order valence-corrected chi connectivity index (χ0v) is 12.2. The minimum Gasteiger partial charge on any atom is -0.397 e. The third-order valence-corrected chi connectivity index (χ3v) is 3.31. The fourth-order valence-electron chi connectivity index (χ4n) is 1.45. The number of halogens is 2. The van der Waals surface area contributed by atoms with Gasteiger partial charge in [-0.05, 0) is 12.1 Å². The first-order valence-electron chi connectivity index (χ1n) is 5.54. The van der Waals surface area contributed by atoms with E-state index in [1.807, 2.05) is 0 Å². The predicted octanol–water partition coefficient (Wildman–Crippen LogP) is 1.97. The number of amides is 1. The Kier molecular flexibility index (Phi) is 6.37. The third-order valence-electron chi connectivity index (χ3n) is 2.49. The van der Waals surface area contributed by atoms with Crippen LogP contribution < -0.4 is 11.1 Å². The number of carbonyl (C=O) groups is 1. The minimum absolute atomic E-state index is 0.214. The van der Waals surface area contributed by atoms with Crippen molar-refractivity contribution >= 4 is 34.8 Å². The van der Waals surface area contributed by atoms with Crippen molar-refractivity contribution in [3.05, 3.63) is 27.7 Å². The lowest BCUT2D eigenvalue weighted by molar-refractivity contribution is 0.0285. The number of benzene rings is 1. The van der Waals surface area contributed by atoms with E-state index in [-0.39, 0.29) is 27.7 Å². The van der Waals surface area contributed by atoms with Crippen LogP contribution in [0.3, 0.4) is 0 Å². The molecule has 1 amide bonds. The highest BCUT2D eigenvalue weighted by Crippen LogP contribution is 2.29. The molecule has 0 saturated carbocycles. The molecule has 19 heavy (non-hydrogen) atoms. The highest BCUT2D eigenvalue weighted by atomic mass is 35.5. The summed E-state index contributed by atoms with van der Waals surface area (Å²) in [6.07, 6.45) is -0.214. The second kappa shape index (κ2) is 7.55. The molecule has 0 aromatic heterocycles. The van der Waals surface area contributed by atoms with Crippen LogP contribution in [0.25, 0.3) is 0 Å². The van der Waals surface area contributed by atoms with E-state index in [1.165, 1.54) is 12.1 Å². The van der Waals surface area contributed by atoms with Crippen LogP contribution in [-0.4, -0.2) is 39.4 Å². The van der Waals surface area contributed by atoms with Gasteiger partial charge in [0.05, 0.1) is 28.4 Å². The van der Waals surface area contributed by atoms with Crippen LogP contribution in [0.1, 0.15) is 10.4 Å². The van der Waals surface area contributed by atoms with E-state index in [0.29, 0.717) is 18.7 Å². The van der Waals surface area contributed by atoms with Gasteiger partial charge in [-0.15, -0.1) is 0 Å². The third kappa shape index (κ3) is 4.54. The van der Waals surface area contributed by atoms with E-state index in [2.05, 4.69) is 5.32 Å². The first-order chi connectivity index (χ1) is 8.99. The number of hydrogen-bond acceptors (Lipinski definition) is 4. The molecule has 1 atom stereocenters. The van der Waals surface area contributed by atoms with Crippen LogP contribution >= 0.6 is 23.2 Å². The number of anilines is 1. The molecule has 0 heterocycles. The molecule has 1 unspecified atom stereocenters. The number of methoxy groups -OCH3 is 2. The summed E-state index contributed by atoms with van der Waals surface area (Å²) in [7, 11) is 3.11. The molecule has 0 radical (unpaired) electrons. The summed E-state index contributed by atoms with van der Waals surface area (Å²) < 4.78 is 10.1. The standard InChI is InChI=1S/C12H16Cl2N2O3/c1-18-6-8(19-2)5-16-12(17)7-3-9(13)11(14)10(15)4-7/h3-4,8H,5-6,15H2,1-2H3,(H,16,17). The zero-order chi connectivity index (χ0) is 14.4. The van der Waals surface area contributed by atoms with Gasteiger partial charge in [-0.3, -0.25) is 4.79 Å². The Balaban J connectivity index is 2.68.